The fourth-order valence-electron chi connectivity index (χ4n) is 13.1. The maximum absolute atomic E-state index is 11.6. The minimum absolute atomic E-state index is 0.00406. The minimum Gasteiger partial charge on any atom is -0.393 e. The second-order valence-corrected chi connectivity index (χ2v) is 18.5. The number of hydrogen-bond donors (Lipinski definition) is 7. The first-order chi connectivity index (χ1) is 24.1. The fourth-order valence-corrected chi connectivity index (χ4v) is 13.1. The van der Waals surface area contributed by atoms with Crippen LogP contribution in [0, 0.1) is 52.3 Å². The smallest absolute Gasteiger partial charge is 0.197 e. The van der Waals surface area contributed by atoms with E-state index in [0.717, 1.165) is 38.5 Å². The van der Waals surface area contributed by atoms with Crippen molar-refractivity contribution in [2.45, 2.75) is 171 Å². The molecule has 0 aromatic carbocycles. The Kier molecular flexibility index (Phi) is 9.76. The number of aliphatic hydroxyl groups excluding tert-OH is 7. The highest BCUT2D eigenvalue weighted by Gasteiger charge is 2.71. The van der Waals surface area contributed by atoms with Gasteiger partial charge in [0, 0.05) is 5.92 Å². The Bertz CT molecular complexity index is 1270. The van der Waals surface area contributed by atoms with E-state index in [0.29, 0.717) is 37.2 Å². The summed E-state index contributed by atoms with van der Waals surface area (Å²) in [6.07, 6.45) is -6.52. The Morgan fingerprint density at radius 1 is 0.686 bits per heavy atom. The van der Waals surface area contributed by atoms with Gasteiger partial charge in [0.15, 0.2) is 18.4 Å². The van der Waals surface area contributed by atoms with Crippen LogP contribution >= 0.6 is 0 Å². The third-order valence-corrected chi connectivity index (χ3v) is 15.7. The zero-order valence-corrected chi connectivity index (χ0v) is 30.7. The summed E-state index contributed by atoms with van der Waals surface area (Å²) < 4.78 is 37.6. The highest BCUT2D eigenvalue weighted by Crippen LogP contribution is 2.71. The molecule has 0 radical (unpaired) electrons. The number of ether oxygens (including phenoxy) is 6. The topological polar surface area (TPSA) is 197 Å². The lowest BCUT2D eigenvalue weighted by molar-refractivity contribution is -0.357. The van der Waals surface area contributed by atoms with E-state index in [1.165, 1.54) is 0 Å². The summed E-state index contributed by atoms with van der Waals surface area (Å²) in [6.45, 7) is 11.1. The van der Waals surface area contributed by atoms with Gasteiger partial charge in [-0.15, -0.1) is 0 Å². The Hall–Kier alpha value is -0.520. The summed E-state index contributed by atoms with van der Waals surface area (Å²) in [5.41, 5.74) is -0.115. The van der Waals surface area contributed by atoms with Gasteiger partial charge in [0.25, 0.3) is 0 Å². The van der Waals surface area contributed by atoms with Gasteiger partial charge in [-0.1, -0.05) is 27.7 Å². The van der Waals surface area contributed by atoms with Gasteiger partial charge in [0.2, 0.25) is 0 Å². The van der Waals surface area contributed by atoms with Gasteiger partial charge in [0.1, 0.15) is 42.7 Å². The van der Waals surface area contributed by atoms with Crippen LogP contribution in [-0.4, -0.2) is 134 Å². The molecule has 23 atom stereocenters. The average molecular weight is 727 g/mol. The molecule has 13 nitrogen and oxygen atoms in total. The van der Waals surface area contributed by atoms with Crippen molar-refractivity contribution in [2.75, 3.05) is 13.2 Å². The predicted molar refractivity (Wildman–Crippen MR) is 178 cm³/mol. The molecule has 13 heteroatoms. The Labute approximate surface area is 300 Å². The summed E-state index contributed by atoms with van der Waals surface area (Å²) >= 11 is 0. The third kappa shape index (κ3) is 5.73. The van der Waals surface area contributed by atoms with E-state index >= 15 is 0 Å². The van der Waals surface area contributed by atoms with Crippen molar-refractivity contribution in [3.63, 3.8) is 0 Å². The molecule has 4 aliphatic carbocycles. The van der Waals surface area contributed by atoms with Crippen molar-refractivity contribution >= 4 is 0 Å². The molecule has 8 aliphatic rings. The Balaban J connectivity index is 1.04. The Morgan fingerprint density at radius 2 is 1.43 bits per heavy atom. The summed E-state index contributed by atoms with van der Waals surface area (Å²) in [5.74, 6) is 0.780. The van der Waals surface area contributed by atoms with Crippen molar-refractivity contribution in [1.29, 1.82) is 0 Å². The van der Waals surface area contributed by atoms with Crippen LogP contribution in [0.1, 0.15) is 86.0 Å². The summed E-state index contributed by atoms with van der Waals surface area (Å²) in [6, 6.07) is 0. The van der Waals surface area contributed by atoms with Gasteiger partial charge < -0.3 is 64.2 Å². The highest BCUT2D eigenvalue weighted by molar-refractivity contribution is 5.17. The molecule has 0 unspecified atom stereocenters. The standard InChI is InChI=1S/C38H62O13/c1-16-10-27(41)38(47-14-16)17(2)28-26(51-38)13-22-20-12-25(23-11-19(39)6-8-36(23,4)21(20)7-9-37(22,28)5)49-35-32(45)33(29(42)18(3)48-35)50-34-31(44)30(43)24(40)15-46-34/h16-35,39-45H,6-15H2,1-5H3/t16-,17-,18+,19-,20+,21-,22-,23+,24+,25-,26-,27-,28-,29+,30-,31+,32+,33-,34-,35-,36+,37-,38-/m0/s1. The largest absolute Gasteiger partial charge is 0.393 e. The SMILES string of the molecule is C[C@@H]1CO[C@@]2(O[C@H]3C[C@H]4[C@@H]5C[C@H](O[C@@H]6O[C@H](C)[C@@H](O)[C@H](O[C@@H]7OC[C@@H](O)[C@H](O)[C@H]7O)[C@H]6O)[C@H]6C[C@@H](O)CC[C@]6(C)[C@H]5CC[C@]4(C)[C@H]3[C@@H]2C)[C@@H](O)C1. The van der Waals surface area contributed by atoms with Crippen molar-refractivity contribution < 1.29 is 64.2 Å². The van der Waals surface area contributed by atoms with E-state index in [2.05, 4.69) is 27.7 Å². The van der Waals surface area contributed by atoms with Crippen LogP contribution < -0.4 is 0 Å². The molecule has 0 bridgehead atoms. The van der Waals surface area contributed by atoms with E-state index in [-0.39, 0.29) is 53.3 Å². The van der Waals surface area contributed by atoms with Gasteiger partial charge in [-0.05, 0) is 105 Å². The molecule has 0 amide bonds. The van der Waals surface area contributed by atoms with Gasteiger partial charge in [0.05, 0.1) is 37.6 Å². The van der Waals surface area contributed by atoms with E-state index < -0.39 is 73.3 Å². The van der Waals surface area contributed by atoms with Crippen LogP contribution in [0.3, 0.4) is 0 Å². The molecule has 7 N–H and O–H groups in total. The van der Waals surface area contributed by atoms with Crippen LogP contribution in [0.5, 0.6) is 0 Å². The van der Waals surface area contributed by atoms with Crippen LogP contribution in [0.15, 0.2) is 0 Å². The molecule has 292 valence electrons. The fraction of sp³-hybridized carbons (Fsp3) is 1.00. The first-order valence-corrected chi connectivity index (χ1v) is 19.7. The molecule has 0 aromatic heterocycles. The quantitative estimate of drug-likeness (QED) is 0.203. The number of aliphatic hydroxyl groups is 7. The summed E-state index contributed by atoms with van der Waals surface area (Å²) in [4.78, 5) is 0. The van der Waals surface area contributed by atoms with Crippen LogP contribution in [-0.2, 0) is 28.4 Å². The molecule has 4 aliphatic heterocycles. The molecule has 51 heavy (non-hydrogen) atoms. The van der Waals surface area contributed by atoms with E-state index in [1.807, 2.05) is 0 Å². The van der Waals surface area contributed by atoms with Gasteiger partial charge in [-0.3, -0.25) is 0 Å². The second kappa shape index (κ2) is 13.3. The first kappa shape index (κ1) is 37.4. The maximum Gasteiger partial charge on any atom is 0.197 e. The van der Waals surface area contributed by atoms with Crippen molar-refractivity contribution in [1.82, 2.24) is 0 Å². The van der Waals surface area contributed by atoms with Crippen molar-refractivity contribution in [3.8, 4) is 0 Å². The molecule has 4 saturated heterocycles. The maximum atomic E-state index is 11.6. The van der Waals surface area contributed by atoms with E-state index in [1.54, 1.807) is 6.92 Å². The molecule has 4 heterocycles. The van der Waals surface area contributed by atoms with Crippen LogP contribution in [0.25, 0.3) is 0 Å². The minimum atomic E-state index is -1.59. The zero-order chi connectivity index (χ0) is 36.4. The monoisotopic (exact) mass is 726 g/mol. The van der Waals surface area contributed by atoms with Crippen molar-refractivity contribution in [2.24, 2.45) is 52.3 Å². The molecule has 8 fully saturated rings. The molecular formula is C38H62O13. The molecule has 4 saturated carbocycles. The lowest BCUT2D eigenvalue weighted by Crippen LogP contribution is -2.64. The predicted octanol–water partition coefficient (Wildman–Crippen LogP) is 1.05. The lowest BCUT2D eigenvalue weighted by Gasteiger charge is -2.63. The number of fused-ring (bicyclic) bond motifs is 7. The number of rotatable bonds is 4. The normalized spacial score (nSPS) is 61.4. The highest BCUT2D eigenvalue weighted by atomic mass is 16.7. The summed E-state index contributed by atoms with van der Waals surface area (Å²) in [5, 5.41) is 75.6. The third-order valence-electron chi connectivity index (χ3n) is 15.7. The van der Waals surface area contributed by atoms with Crippen molar-refractivity contribution in [3.05, 3.63) is 0 Å². The van der Waals surface area contributed by atoms with E-state index in [9.17, 15) is 35.7 Å². The molecule has 1 spiro atoms. The summed E-state index contributed by atoms with van der Waals surface area (Å²) in [7, 11) is 0. The van der Waals surface area contributed by atoms with Crippen LogP contribution in [0.4, 0.5) is 0 Å². The molecule has 0 aromatic rings. The Morgan fingerprint density at radius 3 is 2.18 bits per heavy atom. The zero-order valence-electron chi connectivity index (χ0n) is 30.7. The van der Waals surface area contributed by atoms with E-state index in [4.69, 9.17) is 28.4 Å². The molecule has 8 rings (SSSR count). The van der Waals surface area contributed by atoms with Gasteiger partial charge in [-0.25, -0.2) is 0 Å². The molecular weight excluding hydrogens is 664 g/mol. The first-order valence-electron chi connectivity index (χ1n) is 19.7. The second-order valence-electron chi connectivity index (χ2n) is 18.5. The van der Waals surface area contributed by atoms with Gasteiger partial charge >= 0.3 is 0 Å². The van der Waals surface area contributed by atoms with Gasteiger partial charge in [-0.2, -0.15) is 0 Å². The lowest BCUT2D eigenvalue weighted by atomic mass is 9.43. The average Bonchev–Trinajstić information content (AvgIpc) is 3.54. The van der Waals surface area contributed by atoms with Crippen LogP contribution in [0.2, 0.25) is 0 Å². The number of hydrogen-bond acceptors (Lipinski definition) is 13.